The number of nitrogens with one attached hydrogen (secondary N) is 2. The van der Waals surface area contributed by atoms with Gasteiger partial charge in [0, 0.05) is 18.4 Å². The van der Waals surface area contributed by atoms with Crippen LogP contribution in [0.2, 0.25) is 0 Å². The summed E-state index contributed by atoms with van der Waals surface area (Å²) in [4.78, 5) is 24.7. The van der Waals surface area contributed by atoms with Gasteiger partial charge in [-0.3, -0.25) is 9.59 Å². The summed E-state index contributed by atoms with van der Waals surface area (Å²) < 4.78 is 5.79. The smallest absolute Gasteiger partial charge is 0.248 e. The summed E-state index contributed by atoms with van der Waals surface area (Å²) in [6.07, 6.45) is 11.0. The summed E-state index contributed by atoms with van der Waals surface area (Å²) in [5.41, 5.74) is 1.17. The van der Waals surface area contributed by atoms with Crippen molar-refractivity contribution in [3.63, 3.8) is 0 Å². The Morgan fingerprint density at radius 2 is 1.90 bits per heavy atom. The van der Waals surface area contributed by atoms with Crippen molar-refractivity contribution in [2.45, 2.75) is 38.5 Å². The summed E-state index contributed by atoms with van der Waals surface area (Å²) in [6.45, 7) is 2.21. The molecule has 1 aromatic heterocycles. The average Bonchev–Trinajstić information content (AvgIpc) is 3.10. The lowest BCUT2D eigenvalue weighted by Gasteiger charge is -2.12. The van der Waals surface area contributed by atoms with E-state index in [1.165, 1.54) is 6.08 Å². The third-order valence-corrected chi connectivity index (χ3v) is 5.54. The first-order chi connectivity index (χ1) is 14.1. The van der Waals surface area contributed by atoms with Gasteiger partial charge in [0.1, 0.15) is 11.5 Å². The van der Waals surface area contributed by atoms with E-state index in [9.17, 15) is 9.59 Å². The molecule has 2 aliphatic carbocycles. The highest BCUT2D eigenvalue weighted by molar-refractivity contribution is 6.05. The highest BCUT2D eigenvalue weighted by atomic mass is 16.3. The molecule has 3 atom stereocenters. The lowest BCUT2D eigenvalue weighted by atomic mass is 10.0. The summed E-state index contributed by atoms with van der Waals surface area (Å²) in [7, 11) is 0. The molecular weight excluding hydrogens is 364 g/mol. The fourth-order valence-corrected chi connectivity index (χ4v) is 3.71. The van der Waals surface area contributed by atoms with Crippen LogP contribution >= 0.6 is 0 Å². The number of anilines is 2. The second-order valence-electron chi connectivity index (χ2n) is 7.95. The molecule has 0 bridgehead atoms. The number of hydrogen-bond acceptors (Lipinski definition) is 3. The minimum absolute atomic E-state index is 0.0452. The van der Waals surface area contributed by atoms with E-state index >= 15 is 0 Å². The Bertz CT molecular complexity index is 957. The topological polar surface area (TPSA) is 71.3 Å². The molecule has 2 aliphatic rings. The van der Waals surface area contributed by atoms with Crippen LogP contribution in [0.3, 0.4) is 0 Å². The van der Waals surface area contributed by atoms with Crippen molar-refractivity contribution in [3.05, 3.63) is 66.1 Å². The monoisotopic (exact) mass is 390 g/mol. The number of rotatable bonds is 7. The first-order valence-corrected chi connectivity index (χ1v) is 10.2. The Balaban J connectivity index is 1.34. The maximum atomic E-state index is 12.3. The van der Waals surface area contributed by atoms with Crippen molar-refractivity contribution < 1.29 is 14.0 Å². The lowest BCUT2D eigenvalue weighted by molar-refractivity contribution is -0.117. The fourth-order valence-electron chi connectivity index (χ4n) is 3.71. The van der Waals surface area contributed by atoms with Gasteiger partial charge >= 0.3 is 0 Å². The van der Waals surface area contributed by atoms with Gasteiger partial charge in [-0.15, -0.1) is 0 Å². The van der Waals surface area contributed by atoms with Crippen LogP contribution in [0.25, 0.3) is 6.08 Å². The normalized spacial score (nSPS) is 22.7. The average molecular weight is 390 g/mol. The second kappa shape index (κ2) is 8.52. The third-order valence-electron chi connectivity index (χ3n) is 5.54. The van der Waals surface area contributed by atoms with Gasteiger partial charge in [0.25, 0.3) is 0 Å². The standard InChI is InChI=1S/C24H26N2O3/c1-16-14-19(16)22-12-10-18(29-22)11-13-23(27)25-20-8-4-5-9-21(20)26-24(28)15-17-6-2-3-7-17/h2,4-6,8-13,16-17,19H,3,7,14-15H2,1H3,(H,25,27)(H,26,28)/b13-11+. The van der Waals surface area contributed by atoms with Gasteiger partial charge < -0.3 is 15.1 Å². The van der Waals surface area contributed by atoms with Crippen molar-refractivity contribution in [1.29, 1.82) is 0 Å². The number of carbonyl (C=O) groups is 2. The largest absolute Gasteiger partial charge is 0.461 e. The molecule has 1 aromatic carbocycles. The first kappa shape index (κ1) is 19.2. The van der Waals surface area contributed by atoms with Crippen molar-refractivity contribution in [2.75, 3.05) is 10.6 Å². The van der Waals surface area contributed by atoms with E-state index in [4.69, 9.17) is 4.42 Å². The Labute approximate surface area is 170 Å². The van der Waals surface area contributed by atoms with E-state index in [1.54, 1.807) is 18.2 Å². The van der Waals surface area contributed by atoms with Gasteiger partial charge in [-0.1, -0.05) is 31.2 Å². The fraction of sp³-hybridized carbons (Fsp3) is 0.333. The number of amides is 2. The predicted octanol–water partition coefficient (Wildman–Crippen LogP) is 5.35. The quantitative estimate of drug-likeness (QED) is 0.494. The summed E-state index contributed by atoms with van der Waals surface area (Å²) in [5, 5.41) is 5.75. The molecule has 0 radical (unpaired) electrons. The summed E-state index contributed by atoms with van der Waals surface area (Å²) in [6, 6.07) is 11.1. The molecule has 2 aromatic rings. The number of furan rings is 1. The minimum atomic E-state index is -0.275. The van der Waals surface area contributed by atoms with Gasteiger partial charge in [0.05, 0.1) is 11.4 Å². The van der Waals surface area contributed by atoms with E-state index in [0.29, 0.717) is 41.3 Å². The van der Waals surface area contributed by atoms with Crippen molar-refractivity contribution in [1.82, 2.24) is 0 Å². The molecule has 0 spiro atoms. The van der Waals surface area contributed by atoms with Crippen LogP contribution in [0.15, 0.2) is 59.0 Å². The predicted molar refractivity (Wildman–Crippen MR) is 114 cm³/mol. The minimum Gasteiger partial charge on any atom is -0.461 e. The summed E-state index contributed by atoms with van der Waals surface area (Å²) >= 11 is 0. The second-order valence-corrected chi connectivity index (χ2v) is 7.95. The zero-order valence-corrected chi connectivity index (χ0v) is 16.6. The lowest BCUT2D eigenvalue weighted by Crippen LogP contribution is -2.17. The Morgan fingerprint density at radius 1 is 1.14 bits per heavy atom. The molecule has 0 aliphatic heterocycles. The molecule has 5 nitrogen and oxygen atoms in total. The van der Waals surface area contributed by atoms with Gasteiger partial charge in [0.15, 0.2) is 0 Å². The summed E-state index contributed by atoms with van der Waals surface area (Å²) in [5.74, 6) is 2.83. The molecule has 2 amide bonds. The van der Waals surface area contributed by atoms with E-state index in [1.807, 2.05) is 24.3 Å². The van der Waals surface area contributed by atoms with Crippen LogP contribution < -0.4 is 10.6 Å². The van der Waals surface area contributed by atoms with E-state index in [2.05, 4.69) is 29.7 Å². The Hall–Kier alpha value is -3.08. The highest BCUT2D eigenvalue weighted by Gasteiger charge is 2.36. The van der Waals surface area contributed by atoms with Crippen LogP contribution in [0.1, 0.15) is 50.0 Å². The number of allylic oxidation sites excluding steroid dienone is 2. The van der Waals surface area contributed by atoms with Crippen molar-refractivity contribution in [2.24, 2.45) is 11.8 Å². The Morgan fingerprint density at radius 3 is 2.59 bits per heavy atom. The molecular formula is C24H26N2O3. The van der Waals surface area contributed by atoms with E-state index < -0.39 is 0 Å². The van der Waals surface area contributed by atoms with Crippen LogP contribution in [-0.2, 0) is 9.59 Å². The number of para-hydroxylation sites is 2. The van der Waals surface area contributed by atoms with Crippen LogP contribution in [0.5, 0.6) is 0 Å². The zero-order valence-electron chi connectivity index (χ0n) is 16.6. The first-order valence-electron chi connectivity index (χ1n) is 10.2. The molecule has 4 rings (SSSR count). The molecule has 0 saturated heterocycles. The molecule has 3 unspecified atom stereocenters. The van der Waals surface area contributed by atoms with Crippen molar-refractivity contribution >= 4 is 29.3 Å². The number of carbonyl (C=O) groups excluding carboxylic acids is 2. The Kier molecular flexibility index (Phi) is 5.65. The van der Waals surface area contributed by atoms with Gasteiger partial charge in [-0.2, -0.15) is 0 Å². The van der Waals surface area contributed by atoms with Gasteiger partial charge in [-0.25, -0.2) is 0 Å². The van der Waals surface area contributed by atoms with Crippen molar-refractivity contribution in [3.8, 4) is 0 Å². The van der Waals surface area contributed by atoms with Gasteiger partial charge in [0.2, 0.25) is 11.8 Å². The number of hydrogen-bond donors (Lipinski definition) is 2. The van der Waals surface area contributed by atoms with Crippen LogP contribution in [-0.4, -0.2) is 11.8 Å². The molecule has 5 heteroatoms. The molecule has 1 fully saturated rings. The SMILES string of the molecule is CC1CC1c1ccc(/C=C/C(=O)Nc2ccccc2NC(=O)CC2C=CCC2)o1. The molecule has 2 N–H and O–H groups in total. The highest BCUT2D eigenvalue weighted by Crippen LogP contribution is 2.47. The maximum Gasteiger partial charge on any atom is 0.248 e. The maximum absolute atomic E-state index is 12.3. The molecule has 29 heavy (non-hydrogen) atoms. The van der Waals surface area contributed by atoms with Gasteiger partial charge in [-0.05, 0) is 61.4 Å². The third kappa shape index (κ3) is 5.05. The zero-order chi connectivity index (χ0) is 20.2. The molecule has 1 saturated carbocycles. The van der Waals surface area contributed by atoms with E-state index in [-0.39, 0.29) is 11.8 Å². The van der Waals surface area contributed by atoms with E-state index in [0.717, 1.165) is 25.0 Å². The van der Waals surface area contributed by atoms with Crippen LogP contribution in [0.4, 0.5) is 11.4 Å². The van der Waals surface area contributed by atoms with Crippen LogP contribution in [0, 0.1) is 11.8 Å². The molecule has 1 heterocycles. The number of benzene rings is 1. The molecule has 150 valence electrons.